The highest BCUT2D eigenvalue weighted by atomic mass is 16.6. The van der Waals surface area contributed by atoms with Crippen LogP contribution in [-0.2, 0) is 4.74 Å². The third-order valence-electron chi connectivity index (χ3n) is 2.44. The predicted octanol–water partition coefficient (Wildman–Crippen LogP) is 0.642. The van der Waals surface area contributed by atoms with Gasteiger partial charge in [-0.1, -0.05) is 6.07 Å². The van der Waals surface area contributed by atoms with Crippen molar-refractivity contribution >= 4 is 11.6 Å². The van der Waals surface area contributed by atoms with Crippen molar-refractivity contribution in [3.63, 3.8) is 0 Å². The van der Waals surface area contributed by atoms with Crippen LogP contribution in [0.5, 0.6) is 0 Å². The van der Waals surface area contributed by atoms with Gasteiger partial charge in [-0.25, -0.2) is 0 Å². The Morgan fingerprint density at radius 2 is 2.21 bits per heavy atom. The van der Waals surface area contributed by atoms with Crippen molar-refractivity contribution in [2.45, 2.75) is 6.92 Å². The average molecular weight is 268 g/mol. The van der Waals surface area contributed by atoms with E-state index in [0.717, 1.165) is 0 Å². The van der Waals surface area contributed by atoms with Gasteiger partial charge in [-0.05, 0) is 13.0 Å². The summed E-state index contributed by atoms with van der Waals surface area (Å²) in [5.41, 5.74) is 0.663. The molecule has 1 amide bonds. The fourth-order valence-corrected chi connectivity index (χ4v) is 1.45. The Kier molecular flexibility index (Phi) is 5.91. The minimum absolute atomic E-state index is 0.0713. The molecule has 0 heterocycles. The number of hydrogen-bond acceptors (Lipinski definition) is 5. The molecular weight excluding hydrogens is 252 g/mol. The number of rotatable bonds is 7. The Balaban J connectivity index is 2.57. The molecule has 0 aliphatic rings. The van der Waals surface area contributed by atoms with Gasteiger partial charge >= 0.3 is 0 Å². The standard InChI is InChI=1S/C12H16N2O5/c1-9-2-3-10(8-11(9)14(17)18)12(16)13-4-6-19-7-5-15/h2-3,8,15H,4-7H2,1H3,(H,13,16). The molecule has 19 heavy (non-hydrogen) atoms. The average Bonchev–Trinajstić information content (AvgIpc) is 2.38. The number of nitrogens with one attached hydrogen (secondary N) is 1. The number of carbonyl (C=O) groups is 1. The molecule has 0 aliphatic heterocycles. The molecule has 0 aliphatic carbocycles. The molecule has 7 nitrogen and oxygen atoms in total. The largest absolute Gasteiger partial charge is 0.394 e. The first kappa shape index (κ1) is 15.1. The lowest BCUT2D eigenvalue weighted by atomic mass is 10.1. The maximum absolute atomic E-state index is 11.7. The zero-order valence-corrected chi connectivity index (χ0v) is 10.6. The summed E-state index contributed by atoms with van der Waals surface area (Å²) in [6.07, 6.45) is 0. The number of nitro groups is 1. The number of ether oxygens (including phenoxy) is 1. The molecule has 0 radical (unpaired) electrons. The van der Waals surface area contributed by atoms with Gasteiger partial charge in [0.2, 0.25) is 0 Å². The highest BCUT2D eigenvalue weighted by molar-refractivity contribution is 5.94. The van der Waals surface area contributed by atoms with Crippen molar-refractivity contribution in [3.05, 3.63) is 39.4 Å². The van der Waals surface area contributed by atoms with Crippen molar-refractivity contribution in [2.75, 3.05) is 26.4 Å². The van der Waals surface area contributed by atoms with Crippen LogP contribution in [0.25, 0.3) is 0 Å². The van der Waals surface area contributed by atoms with Gasteiger partial charge in [0, 0.05) is 23.7 Å². The lowest BCUT2D eigenvalue weighted by Gasteiger charge is -2.06. The molecule has 0 atom stereocenters. The van der Waals surface area contributed by atoms with Crippen molar-refractivity contribution in [1.29, 1.82) is 0 Å². The van der Waals surface area contributed by atoms with E-state index in [0.29, 0.717) is 5.56 Å². The highest BCUT2D eigenvalue weighted by Crippen LogP contribution is 2.18. The van der Waals surface area contributed by atoms with E-state index in [2.05, 4.69) is 5.32 Å². The van der Waals surface area contributed by atoms with Gasteiger partial charge in [-0.15, -0.1) is 0 Å². The molecule has 1 aromatic rings. The van der Waals surface area contributed by atoms with E-state index in [4.69, 9.17) is 9.84 Å². The number of aryl methyl sites for hydroxylation is 1. The molecule has 1 rings (SSSR count). The molecule has 104 valence electrons. The Morgan fingerprint density at radius 1 is 1.47 bits per heavy atom. The molecule has 0 bridgehead atoms. The molecule has 0 spiro atoms. The zero-order valence-electron chi connectivity index (χ0n) is 10.6. The number of hydrogen-bond donors (Lipinski definition) is 2. The van der Waals surface area contributed by atoms with Gasteiger partial charge in [0.1, 0.15) is 0 Å². The molecule has 0 saturated carbocycles. The summed E-state index contributed by atoms with van der Waals surface area (Å²) in [5, 5.41) is 21.8. The number of carbonyl (C=O) groups excluding carboxylic acids is 1. The molecule has 0 fully saturated rings. The van der Waals surface area contributed by atoms with Crippen LogP contribution in [0, 0.1) is 17.0 Å². The monoisotopic (exact) mass is 268 g/mol. The van der Waals surface area contributed by atoms with Crippen LogP contribution in [0.3, 0.4) is 0 Å². The molecule has 7 heteroatoms. The summed E-state index contributed by atoms with van der Waals surface area (Å²) in [4.78, 5) is 22.0. The van der Waals surface area contributed by atoms with Crippen LogP contribution < -0.4 is 5.32 Å². The second-order valence-corrected chi connectivity index (χ2v) is 3.85. The van der Waals surface area contributed by atoms with Crippen LogP contribution in [0.2, 0.25) is 0 Å². The lowest BCUT2D eigenvalue weighted by Crippen LogP contribution is -2.27. The molecule has 0 unspecified atom stereocenters. The van der Waals surface area contributed by atoms with Gasteiger partial charge in [0.05, 0.1) is 24.7 Å². The second-order valence-electron chi connectivity index (χ2n) is 3.85. The summed E-state index contributed by atoms with van der Waals surface area (Å²) >= 11 is 0. The highest BCUT2D eigenvalue weighted by Gasteiger charge is 2.14. The van der Waals surface area contributed by atoms with Gasteiger partial charge in [-0.3, -0.25) is 14.9 Å². The van der Waals surface area contributed by atoms with Gasteiger partial charge < -0.3 is 15.2 Å². The van der Waals surface area contributed by atoms with Crippen molar-refractivity contribution < 1.29 is 19.6 Å². The number of nitrogens with zero attached hydrogens (tertiary/aromatic N) is 1. The van der Waals surface area contributed by atoms with E-state index in [9.17, 15) is 14.9 Å². The van der Waals surface area contributed by atoms with E-state index >= 15 is 0 Å². The van der Waals surface area contributed by atoms with E-state index in [1.54, 1.807) is 6.92 Å². The van der Waals surface area contributed by atoms with E-state index in [1.807, 2.05) is 0 Å². The van der Waals surface area contributed by atoms with E-state index in [1.165, 1.54) is 18.2 Å². The molecule has 0 aromatic heterocycles. The molecule has 1 aromatic carbocycles. The normalized spacial score (nSPS) is 10.2. The third-order valence-corrected chi connectivity index (χ3v) is 2.44. The minimum Gasteiger partial charge on any atom is -0.394 e. The third kappa shape index (κ3) is 4.65. The Morgan fingerprint density at radius 3 is 2.84 bits per heavy atom. The van der Waals surface area contributed by atoms with Crippen molar-refractivity contribution in [2.24, 2.45) is 0 Å². The summed E-state index contributed by atoms with van der Waals surface area (Å²) < 4.78 is 4.98. The van der Waals surface area contributed by atoms with Crippen molar-refractivity contribution in [3.8, 4) is 0 Å². The van der Waals surface area contributed by atoms with Gasteiger partial charge in [-0.2, -0.15) is 0 Å². The predicted molar refractivity (Wildman–Crippen MR) is 68.1 cm³/mol. The molecule has 0 saturated heterocycles. The van der Waals surface area contributed by atoms with Crippen LogP contribution in [0.4, 0.5) is 5.69 Å². The first-order valence-corrected chi connectivity index (χ1v) is 5.78. The van der Waals surface area contributed by atoms with Gasteiger partial charge in [0.25, 0.3) is 11.6 Å². The van der Waals surface area contributed by atoms with Crippen molar-refractivity contribution in [1.82, 2.24) is 5.32 Å². The summed E-state index contributed by atoms with van der Waals surface area (Å²) in [5.74, 6) is -0.393. The fraction of sp³-hybridized carbons (Fsp3) is 0.417. The smallest absolute Gasteiger partial charge is 0.273 e. The lowest BCUT2D eigenvalue weighted by molar-refractivity contribution is -0.385. The first-order chi connectivity index (χ1) is 9.06. The summed E-state index contributed by atoms with van der Waals surface area (Å²) in [7, 11) is 0. The number of amides is 1. The van der Waals surface area contributed by atoms with E-state index < -0.39 is 10.8 Å². The SMILES string of the molecule is Cc1ccc(C(=O)NCCOCCO)cc1[N+](=O)[O-]. The van der Waals surface area contributed by atoms with E-state index in [-0.39, 0.29) is 37.6 Å². The minimum atomic E-state index is -0.517. The number of aliphatic hydroxyl groups is 1. The number of aliphatic hydroxyl groups excluding tert-OH is 1. The first-order valence-electron chi connectivity index (χ1n) is 5.78. The number of nitro benzene ring substituents is 1. The maximum atomic E-state index is 11.7. The van der Waals surface area contributed by atoms with Crippen LogP contribution in [0.1, 0.15) is 15.9 Å². The quantitative estimate of drug-likeness (QED) is 0.429. The Labute approximate surface area is 110 Å². The fourth-order valence-electron chi connectivity index (χ4n) is 1.45. The summed E-state index contributed by atoms with van der Waals surface area (Å²) in [6, 6.07) is 4.32. The number of benzene rings is 1. The van der Waals surface area contributed by atoms with Crippen LogP contribution in [0.15, 0.2) is 18.2 Å². The van der Waals surface area contributed by atoms with Crippen LogP contribution in [-0.4, -0.2) is 42.3 Å². The Hall–Kier alpha value is -1.99. The molecular formula is C12H16N2O5. The van der Waals surface area contributed by atoms with Gasteiger partial charge in [0.15, 0.2) is 0 Å². The van der Waals surface area contributed by atoms with Crippen LogP contribution >= 0.6 is 0 Å². The summed E-state index contributed by atoms with van der Waals surface area (Å²) in [6.45, 7) is 2.31. The topological polar surface area (TPSA) is 102 Å². The second kappa shape index (κ2) is 7.45. The Bertz CT molecular complexity index is 461. The maximum Gasteiger partial charge on any atom is 0.273 e. The zero-order chi connectivity index (χ0) is 14.3. The molecule has 2 N–H and O–H groups in total.